The molecule has 2 amide bonds. The third-order valence-corrected chi connectivity index (χ3v) is 5.91. The highest BCUT2D eigenvalue weighted by Gasteiger charge is 2.54. The van der Waals surface area contributed by atoms with E-state index in [-0.39, 0.29) is 41.7 Å². The minimum absolute atomic E-state index is 0.112. The van der Waals surface area contributed by atoms with Crippen LogP contribution < -0.4 is 5.32 Å². The van der Waals surface area contributed by atoms with Crippen LogP contribution in [-0.2, 0) is 35.1 Å². The molecule has 2 heterocycles. The molecular weight excluding hydrogens is 412 g/mol. The maximum absolute atomic E-state index is 12.6. The Morgan fingerprint density at radius 3 is 2.57 bits per heavy atom. The summed E-state index contributed by atoms with van der Waals surface area (Å²) < 4.78 is 4.97. The highest BCUT2D eigenvalue weighted by molar-refractivity contribution is 8.00. The molecule has 10 heteroatoms. The highest BCUT2D eigenvalue weighted by atomic mass is 32.2. The van der Waals surface area contributed by atoms with Crippen LogP contribution in [0.5, 0.6) is 0 Å². The largest absolute Gasteiger partial charge is 0.477 e. The second-order valence-corrected chi connectivity index (χ2v) is 8.02. The van der Waals surface area contributed by atoms with E-state index in [2.05, 4.69) is 5.32 Å². The van der Waals surface area contributed by atoms with E-state index in [1.165, 1.54) is 18.7 Å². The van der Waals surface area contributed by atoms with Crippen LogP contribution >= 0.6 is 11.8 Å². The molecule has 2 aliphatic rings. The van der Waals surface area contributed by atoms with Gasteiger partial charge in [0.15, 0.2) is 0 Å². The van der Waals surface area contributed by atoms with Crippen molar-refractivity contribution in [3.05, 3.63) is 47.2 Å². The van der Waals surface area contributed by atoms with Gasteiger partial charge in [0.05, 0.1) is 6.42 Å². The molecule has 158 valence electrons. The number of carbonyl (C=O) groups excluding carboxylic acids is 4. The summed E-state index contributed by atoms with van der Waals surface area (Å²) in [5.41, 5.74) is 0.826. The number of amides is 2. The fourth-order valence-corrected chi connectivity index (χ4v) is 4.55. The third-order valence-electron chi connectivity index (χ3n) is 4.57. The van der Waals surface area contributed by atoms with Crippen LogP contribution in [0.4, 0.5) is 0 Å². The average Bonchev–Trinajstić information content (AvgIpc) is 2.69. The van der Waals surface area contributed by atoms with Gasteiger partial charge >= 0.3 is 11.9 Å². The number of carboxylic acids is 1. The molecule has 2 aliphatic heterocycles. The smallest absolute Gasteiger partial charge is 0.352 e. The maximum Gasteiger partial charge on any atom is 0.352 e. The van der Waals surface area contributed by atoms with E-state index >= 15 is 0 Å². The van der Waals surface area contributed by atoms with Crippen molar-refractivity contribution in [3.63, 3.8) is 0 Å². The van der Waals surface area contributed by atoms with Crippen molar-refractivity contribution in [2.45, 2.75) is 31.2 Å². The fourth-order valence-electron chi connectivity index (χ4n) is 3.22. The van der Waals surface area contributed by atoms with Crippen LogP contribution in [0.1, 0.15) is 18.9 Å². The Hall–Kier alpha value is -3.14. The van der Waals surface area contributed by atoms with Crippen LogP contribution in [0.15, 0.2) is 41.6 Å². The van der Waals surface area contributed by atoms with Crippen molar-refractivity contribution < 1.29 is 33.8 Å². The number of rotatable bonds is 8. The average molecular weight is 432 g/mol. The lowest BCUT2D eigenvalue weighted by Crippen LogP contribution is -2.70. The van der Waals surface area contributed by atoms with Gasteiger partial charge < -0.3 is 15.2 Å². The summed E-state index contributed by atoms with van der Waals surface area (Å²) in [7, 11) is 0. The molecule has 30 heavy (non-hydrogen) atoms. The normalized spacial score (nSPS) is 20.2. The number of aliphatic carboxylic acids is 1. The number of Topliss-reactive ketones (excluding diaryl/α,β-unsaturated/α-hetero) is 1. The summed E-state index contributed by atoms with van der Waals surface area (Å²) >= 11 is 1.28. The molecule has 2 N–H and O–H groups in total. The summed E-state index contributed by atoms with van der Waals surface area (Å²) in [6.45, 7) is 0.928. The molecule has 0 bridgehead atoms. The van der Waals surface area contributed by atoms with Crippen molar-refractivity contribution in [1.29, 1.82) is 0 Å². The molecule has 0 saturated carbocycles. The van der Waals surface area contributed by atoms with E-state index in [4.69, 9.17) is 4.74 Å². The van der Waals surface area contributed by atoms with E-state index in [9.17, 15) is 29.1 Å². The lowest BCUT2D eigenvalue weighted by molar-refractivity contribution is -0.151. The van der Waals surface area contributed by atoms with Crippen molar-refractivity contribution in [2.75, 3.05) is 12.4 Å². The van der Waals surface area contributed by atoms with Gasteiger partial charge in [0, 0.05) is 11.3 Å². The number of thioether (sulfide) groups is 1. The van der Waals surface area contributed by atoms with Crippen molar-refractivity contribution in [3.8, 4) is 0 Å². The van der Waals surface area contributed by atoms with E-state index in [1.807, 2.05) is 18.2 Å². The van der Waals surface area contributed by atoms with E-state index in [1.54, 1.807) is 12.1 Å². The Kier molecular flexibility index (Phi) is 6.56. The van der Waals surface area contributed by atoms with E-state index in [0.717, 1.165) is 10.5 Å². The van der Waals surface area contributed by atoms with Gasteiger partial charge in [-0.25, -0.2) is 4.79 Å². The minimum Gasteiger partial charge on any atom is -0.477 e. The topological polar surface area (TPSA) is 130 Å². The SMILES string of the molecule is CC(=O)CC(=O)OCC1=C(C(=O)O)N2C(=O)C(NC(=O)Cc3ccccc3)[C@@H]2SC1. The number of carboxylic acid groups (broad SMARTS) is 1. The number of ether oxygens (including phenoxy) is 1. The van der Waals surface area contributed by atoms with Gasteiger partial charge in [-0.1, -0.05) is 30.3 Å². The first kappa shape index (κ1) is 21.6. The molecule has 2 atom stereocenters. The van der Waals surface area contributed by atoms with Gasteiger partial charge in [-0.3, -0.25) is 24.1 Å². The predicted molar refractivity (Wildman–Crippen MR) is 106 cm³/mol. The molecule has 1 fully saturated rings. The summed E-state index contributed by atoms with van der Waals surface area (Å²) in [6, 6.07) is 8.24. The monoisotopic (exact) mass is 432 g/mol. The molecule has 1 saturated heterocycles. The molecule has 3 rings (SSSR count). The number of ketones is 1. The van der Waals surface area contributed by atoms with Gasteiger partial charge in [-0.05, 0) is 12.5 Å². The molecule has 0 spiro atoms. The first-order chi connectivity index (χ1) is 14.3. The Labute approximate surface area is 176 Å². The molecular formula is C20H20N2O7S. The molecule has 1 unspecified atom stereocenters. The first-order valence-electron chi connectivity index (χ1n) is 9.16. The number of β-lactam (4-membered cyclic amide) rings is 1. The number of hydrogen-bond donors (Lipinski definition) is 2. The van der Waals surface area contributed by atoms with Crippen LogP contribution in [-0.4, -0.2) is 63.3 Å². The van der Waals surface area contributed by atoms with Crippen LogP contribution in [0.3, 0.4) is 0 Å². The molecule has 0 aliphatic carbocycles. The molecule has 0 aromatic heterocycles. The standard InChI is InChI=1S/C20H20N2O7S/c1-11(23)7-15(25)29-9-13-10-30-19-16(18(26)22(19)17(13)20(27)28)21-14(24)8-12-5-3-2-4-6-12/h2-6,16,19H,7-10H2,1H3,(H,21,24)(H,27,28)/t16?,19-/m0/s1. The Bertz CT molecular complexity index is 928. The van der Waals surface area contributed by atoms with Gasteiger partial charge in [-0.15, -0.1) is 11.8 Å². The lowest BCUT2D eigenvalue weighted by Gasteiger charge is -2.49. The second kappa shape index (κ2) is 9.12. The predicted octanol–water partition coefficient (Wildman–Crippen LogP) is 0.490. The number of hydrogen-bond acceptors (Lipinski definition) is 7. The fraction of sp³-hybridized carbons (Fsp3) is 0.350. The summed E-state index contributed by atoms with van der Waals surface area (Å²) in [4.78, 5) is 60.2. The first-order valence-corrected chi connectivity index (χ1v) is 10.2. The van der Waals surface area contributed by atoms with Crippen LogP contribution in [0.25, 0.3) is 0 Å². The Morgan fingerprint density at radius 2 is 1.93 bits per heavy atom. The quantitative estimate of drug-likeness (QED) is 0.345. The molecule has 0 radical (unpaired) electrons. The van der Waals surface area contributed by atoms with E-state index < -0.39 is 35.7 Å². The summed E-state index contributed by atoms with van der Waals surface area (Å²) in [5.74, 6) is -3.08. The van der Waals surface area contributed by atoms with Crippen molar-refractivity contribution in [2.24, 2.45) is 0 Å². The minimum atomic E-state index is -1.32. The van der Waals surface area contributed by atoms with Gasteiger partial charge in [0.25, 0.3) is 5.91 Å². The Morgan fingerprint density at radius 1 is 1.23 bits per heavy atom. The number of esters is 1. The number of nitrogens with zero attached hydrogens (tertiary/aromatic N) is 1. The van der Waals surface area contributed by atoms with Gasteiger partial charge in [0.1, 0.15) is 35.9 Å². The number of fused-ring (bicyclic) bond motifs is 1. The van der Waals surface area contributed by atoms with Gasteiger partial charge in [-0.2, -0.15) is 0 Å². The number of benzene rings is 1. The lowest BCUT2D eigenvalue weighted by atomic mass is 10.0. The summed E-state index contributed by atoms with van der Waals surface area (Å²) in [5, 5.41) is 11.7. The zero-order chi connectivity index (χ0) is 21.8. The van der Waals surface area contributed by atoms with Crippen LogP contribution in [0, 0.1) is 0 Å². The maximum atomic E-state index is 12.6. The van der Waals surface area contributed by atoms with E-state index in [0.29, 0.717) is 0 Å². The van der Waals surface area contributed by atoms with Crippen molar-refractivity contribution >= 4 is 41.3 Å². The third kappa shape index (κ3) is 4.70. The molecule has 9 nitrogen and oxygen atoms in total. The Balaban J connectivity index is 1.65. The zero-order valence-electron chi connectivity index (χ0n) is 16.1. The number of nitrogens with one attached hydrogen (secondary N) is 1. The zero-order valence-corrected chi connectivity index (χ0v) is 16.9. The van der Waals surface area contributed by atoms with Crippen molar-refractivity contribution in [1.82, 2.24) is 10.2 Å². The van der Waals surface area contributed by atoms with Crippen LogP contribution in [0.2, 0.25) is 0 Å². The highest BCUT2D eigenvalue weighted by Crippen LogP contribution is 2.40. The summed E-state index contributed by atoms with van der Waals surface area (Å²) in [6.07, 6.45) is -0.287. The molecule has 1 aromatic carbocycles. The van der Waals surface area contributed by atoms with Gasteiger partial charge in [0.2, 0.25) is 5.91 Å². The second-order valence-electron chi connectivity index (χ2n) is 6.91. The molecule has 1 aromatic rings. The number of carbonyl (C=O) groups is 5.